The van der Waals surface area contributed by atoms with Crippen LogP contribution in [-0.2, 0) is 6.61 Å². The lowest BCUT2D eigenvalue weighted by molar-refractivity contribution is 0.278. The molecule has 0 atom stereocenters. The standard InChI is InChI=1S/C14H11NOS/c16-8-13-9-17-14(15-13)12-6-5-10-3-1-2-4-11(10)7-12/h1-7,9,16H,8H2. The van der Waals surface area contributed by atoms with Gasteiger partial charge >= 0.3 is 0 Å². The Labute approximate surface area is 103 Å². The zero-order valence-corrected chi connectivity index (χ0v) is 9.95. The molecule has 1 N–H and O–H groups in total. The van der Waals surface area contributed by atoms with Crippen molar-refractivity contribution in [1.29, 1.82) is 0 Å². The van der Waals surface area contributed by atoms with Crippen LogP contribution < -0.4 is 0 Å². The summed E-state index contributed by atoms with van der Waals surface area (Å²) in [4.78, 5) is 4.37. The highest BCUT2D eigenvalue weighted by Crippen LogP contribution is 2.27. The summed E-state index contributed by atoms with van der Waals surface area (Å²) < 4.78 is 0. The van der Waals surface area contributed by atoms with Gasteiger partial charge in [0.2, 0.25) is 0 Å². The molecule has 2 aromatic carbocycles. The van der Waals surface area contributed by atoms with Gasteiger partial charge in [-0.15, -0.1) is 11.3 Å². The van der Waals surface area contributed by atoms with E-state index < -0.39 is 0 Å². The van der Waals surface area contributed by atoms with Gasteiger partial charge in [-0.1, -0.05) is 36.4 Å². The van der Waals surface area contributed by atoms with Gasteiger partial charge in [0.25, 0.3) is 0 Å². The molecule has 3 rings (SSSR count). The molecule has 0 aliphatic carbocycles. The molecule has 0 saturated heterocycles. The number of hydrogen-bond donors (Lipinski definition) is 1. The zero-order valence-electron chi connectivity index (χ0n) is 9.13. The molecular formula is C14H11NOS. The number of aliphatic hydroxyl groups excluding tert-OH is 1. The van der Waals surface area contributed by atoms with Crippen LogP contribution in [0.5, 0.6) is 0 Å². The number of rotatable bonds is 2. The van der Waals surface area contributed by atoms with Crippen LogP contribution in [0.1, 0.15) is 5.69 Å². The molecule has 0 unspecified atom stereocenters. The molecule has 0 aliphatic rings. The van der Waals surface area contributed by atoms with Crippen molar-refractivity contribution in [3.63, 3.8) is 0 Å². The third kappa shape index (κ3) is 1.95. The molecule has 0 bridgehead atoms. The van der Waals surface area contributed by atoms with E-state index in [1.54, 1.807) is 11.3 Å². The Morgan fingerprint density at radius 1 is 1.06 bits per heavy atom. The number of fused-ring (bicyclic) bond motifs is 1. The fourth-order valence-corrected chi connectivity index (χ4v) is 2.64. The monoisotopic (exact) mass is 241 g/mol. The predicted molar refractivity (Wildman–Crippen MR) is 71.0 cm³/mol. The summed E-state index contributed by atoms with van der Waals surface area (Å²) in [6.45, 7) is 0.00405. The Bertz CT molecular complexity index is 660. The fourth-order valence-electron chi connectivity index (χ4n) is 1.83. The summed E-state index contributed by atoms with van der Waals surface area (Å²) in [5, 5.41) is 14.3. The molecule has 0 radical (unpaired) electrons. The van der Waals surface area contributed by atoms with Crippen molar-refractivity contribution in [2.75, 3.05) is 0 Å². The summed E-state index contributed by atoms with van der Waals surface area (Å²) in [5.41, 5.74) is 1.84. The van der Waals surface area contributed by atoms with Gasteiger partial charge in [-0.3, -0.25) is 0 Å². The summed E-state index contributed by atoms with van der Waals surface area (Å²) in [6.07, 6.45) is 0. The first-order valence-electron chi connectivity index (χ1n) is 5.41. The highest BCUT2D eigenvalue weighted by molar-refractivity contribution is 7.13. The Hall–Kier alpha value is -1.71. The molecule has 1 heterocycles. The molecule has 1 aromatic heterocycles. The molecule has 0 aliphatic heterocycles. The van der Waals surface area contributed by atoms with Gasteiger partial charge in [-0.05, 0) is 16.8 Å². The lowest BCUT2D eigenvalue weighted by atomic mass is 10.1. The first-order valence-corrected chi connectivity index (χ1v) is 6.29. The van der Waals surface area contributed by atoms with E-state index >= 15 is 0 Å². The molecule has 0 spiro atoms. The number of thiazole rings is 1. The molecular weight excluding hydrogens is 230 g/mol. The van der Waals surface area contributed by atoms with Gasteiger partial charge in [-0.2, -0.15) is 0 Å². The van der Waals surface area contributed by atoms with Crippen molar-refractivity contribution in [2.24, 2.45) is 0 Å². The van der Waals surface area contributed by atoms with Crippen molar-refractivity contribution >= 4 is 22.1 Å². The molecule has 0 amide bonds. The highest BCUT2D eigenvalue weighted by atomic mass is 32.1. The first kappa shape index (κ1) is 10.4. The minimum Gasteiger partial charge on any atom is -0.390 e. The summed E-state index contributed by atoms with van der Waals surface area (Å²) in [7, 11) is 0. The quantitative estimate of drug-likeness (QED) is 0.745. The van der Waals surface area contributed by atoms with Crippen molar-refractivity contribution in [3.05, 3.63) is 53.5 Å². The van der Waals surface area contributed by atoms with Crippen molar-refractivity contribution in [2.45, 2.75) is 6.61 Å². The van der Waals surface area contributed by atoms with Gasteiger partial charge in [0.15, 0.2) is 0 Å². The SMILES string of the molecule is OCc1csc(-c2ccc3ccccc3c2)n1. The van der Waals surface area contributed by atoms with Crippen LogP contribution in [0.3, 0.4) is 0 Å². The molecule has 84 valence electrons. The Kier molecular flexibility index (Phi) is 2.63. The smallest absolute Gasteiger partial charge is 0.123 e. The van der Waals surface area contributed by atoms with Crippen molar-refractivity contribution in [1.82, 2.24) is 4.98 Å². The van der Waals surface area contributed by atoms with E-state index in [1.807, 2.05) is 17.5 Å². The zero-order chi connectivity index (χ0) is 11.7. The van der Waals surface area contributed by atoms with Crippen LogP contribution in [0, 0.1) is 0 Å². The minimum atomic E-state index is 0.00405. The molecule has 0 saturated carbocycles. The number of aliphatic hydroxyl groups is 1. The maximum absolute atomic E-state index is 9.01. The van der Waals surface area contributed by atoms with Crippen LogP contribution in [0.25, 0.3) is 21.3 Å². The summed E-state index contributed by atoms with van der Waals surface area (Å²) in [5.74, 6) is 0. The number of nitrogens with zero attached hydrogens (tertiary/aromatic N) is 1. The molecule has 0 fully saturated rings. The van der Waals surface area contributed by atoms with Crippen molar-refractivity contribution in [3.8, 4) is 10.6 Å². The fraction of sp³-hybridized carbons (Fsp3) is 0.0714. The van der Waals surface area contributed by atoms with E-state index in [4.69, 9.17) is 5.11 Å². The van der Waals surface area contributed by atoms with Crippen LogP contribution in [0.15, 0.2) is 47.8 Å². The Balaban J connectivity index is 2.11. The van der Waals surface area contributed by atoms with E-state index in [1.165, 1.54) is 10.8 Å². The highest BCUT2D eigenvalue weighted by Gasteiger charge is 2.04. The number of hydrogen-bond acceptors (Lipinski definition) is 3. The maximum atomic E-state index is 9.01. The molecule has 3 aromatic rings. The van der Waals surface area contributed by atoms with E-state index in [0.29, 0.717) is 0 Å². The average Bonchev–Trinajstić information content (AvgIpc) is 2.87. The van der Waals surface area contributed by atoms with Gasteiger partial charge < -0.3 is 5.11 Å². The average molecular weight is 241 g/mol. The summed E-state index contributed by atoms with van der Waals surface area (Å²) >= 11 is 1.56. The number of aromatic nitrogens is 1. The predicted octanol–water partition coefficient (Wildman–Crippen LogP) is 3.46. The molecule has 2 nitrogen and oxygen atoms in total. The minimum absolute atomic E-state index is 0.00405. The Morgan fingerprint density at radius 3 is 2.65 bits per heavy atom. The summed E-state index contributed by atoms with van der Waals surface area (Å²) in [6, 6.07) is 14.6. The first-order chi connectivity index (χ1) is 8.36. The van der Waals surface area contributed by atoms with E-state index in [-0.39, 0.29) is 6.61 Å². The largest absolute Gasteiger partial charge is 0.390 e. The topological polar surface area (TPSA) is 33.1 Å². The lowest BCUT2D eigenvalue weighted by Gasteiger charge is -2.00. The van der Waals surface area contributed by atoms with Gasteiger partial charge in [0.05, 0.1) is 12.3 Å². The van der Waals surface area contributed by atoms with Crippen LogP contribution in [0.4, 0.5) is 0 Å². The van der Waals surface area contributed by atoms with E-state index in [0.717, 1.165) is 16.3 Å². The maximum Gasteiger partial charge on any atom is 0.123 e. The van der Waals surface area contributed by atoms with E-state index in [9.17, 15) is 0 Å². The van der Waals surface area contributed by atoms with E-state index in [2.05, 4.69) is 35.3 Å². The van der Waals surface area contributed by atoms with Crippen LogP contribution in [0.2, 0.25) is 0 Å². The second-order valence-corrected chi connectivity index (χ2v) is 4.72. The third-order valence-electron chi connectivity index (χ3n) is 2.71. The second-order valence-electron chi connectivity index (χ2n) is 3.86. The molecule has 3 heteroatoms. The third-order valence-corrected chi connectivity index (χ3v) is 3.65. The van der Waals surface area contributed by atoms with Crippen LogP contribution in [-0.4, -0.2) is 10.1 Å². The molecule has 17 heavy (non-hydrogen) atoms. The number of benzene rings is 2. The van der Waals surface area contributed by atoms with Crippen molar-refractivity contribution < 1.29 is 5.11 Å². The van der Waals surface area contributed by atoms with Crippen LogP contribution >= 0.6 is 11.3 Å². The lowest BCUT2D eigenvalue weighted by Crippen LogP contribution is -1.82. The Morgan fingerprint density at radius 2 is 1.88 bits per heavy atom. The normalized spacial score (nSPS) is 10.9. The van der Waals surface area contributed by atoms with Gasteiger partial charge in [-0.25, -0.2) is 4.98 Å². The van der Waals surface area contributed by atoms with Gasteiger partial charge in [0, 0.05) is 10.9 Å². The van der Waals surface area contributed by atoms with Gasteiger partial charge in [0.1, 0.15) is 5.01 Å². The second kappa shape index (κ2) is 4.28.